The minimum atomic E-state index is -0.370. The molecule has 1 aliphatic rings. The molecule has 1 aromatic carbocycles. The molecule has 4 rings (SSSR count). The van der Waals surface area contributed by atoms with Gasteiger partial charge in [-0.1, -0.05) is 30.3 Å². The third kappa shape index (κ3) is 2.90. The minimum Gasteiger partial charge on any atom is -0.357 e. The monoisotopic (exact) mass is 369 g/mol. The molecule has 0 N–H and O–H groups in total. The first-order valence-corrected chi connectivity index (χ1v) is 9.00. The molecule has 2 atom stereocenters. The summed E-state index contributed by atoms with van der Waals surface area (Å²) in [6, 6.07) is 10.4. The maximum absolute atomic E-state index is 12.5. The smallest absolute Gasteiger partial charge is 0.332 e. The van der Waals surface area contributed by atoms with Crippen LogP contribution in [0.1, 0.15) is 18.6 Å². The standard InChI is InChI=1S/C19H23N5O3/c1-13-16(14-7-5-4-6-8-14)27-12-24(13)10-9-23-11-20-17-15(23)18(25)22(3)19(26)21(17)2/h4-8,11,13,16H,9-10,12H2,1-3H3. The van der Waals surface area contributed by atoms with Crippen LogP contribution in [0.25, 0.3) is 11.2 Å². The Morgan fingerprint density at radius 3 is 2.59 bits per heavy atom. The van der Waals surface area contributed by atoms with Gasteiger partial charge >= 0.3 is 5.69 Å². The quantitative estimate of drug-likeness (QED) is 0.682. The van der Waals surface area contributed by atoms with E-state index in [0.717, 1.165) is 11.1 Å². The summed E-state index contributed by atoms with van der Waals surface area (Å²) in [4.78, 5) is 31.1. The highest BCUT2D eigenvalue weighted by Gasteiger charge is 2.32. The fraction of sp³-hybridized carbons (Fsp3) is 0.421. The molecule has 2 aromatic heterocycles. The molecule has 0 aliphatic carbocycles. The SMILES string of the molecule is CC1C(c2ccccc2)OCN1CCn1cnc2c1c(=O)n(C)c(=O)n2C. The summed E-state index contributed by atoms with van der Waals surface area (Å²) in [6.07, 6.45) is 1.67. The average molecular weight is 369 g/mol. The molecule has 0 radical (unpaired) electrons. The lowest BCUT2D eigenvalue weighted by Gasteiger charge is -2.22. The summed E-state index contributed by atoms with van der Waals surface area (Å²) in [6.45, 7) is 4.02. The van der Waals surface area contributed by atoms with E-state index in [9.17, 15) is 9.59 Å². The Bertz CT molecular complexity index is 1080. The van der Waals surface area contributed by atoms with E-state index in [-0.39, 0.29) is 23.4 Å². The van der Waals surface area contributed by atoms with Crippen LogP contribution in [0, 0.1) is 0 Å². The molecule has 3 heterocycles. The topological polar surface area (TPSA) is 74.3 Å². The van der Waals surface area contributed by atoms with Gasteiger partial charge in [-0.2, -0.15) is 0 Å². The van der Waals surface area contributed by atoms with Crippen molar-refractivity contribution in [2.75, 3.05) is 13.3 Å². The van der Waals surface area contributed by atoms with Gasteiger partial charge in [0.25, 0.3) is 5.56 Å². The van der Waals surface area contributed by atoms with Gasteiger partial charge in [-0.3, -0.25) is 18.8 Å². The second kappa shape index (κ2) is 6.79. The number of ether oxygens (including phenoxy) is 1. The van der Waals surface area contributed by atoms with Crippen molar-refractivity contribution in [2.24, 2.45) is 14.1 Å². The van der Waals surface area contributed by atoms with E-state index in [1.165, 1.54) is 17.2 Å². The Labute approximate surface area is 156 Å². The van der Waals surface area contributed by atoms with E-state index in [4.69, 9.17) is 4.74 Å². The van der Waals surface area contributed by atoms with Crippen LogP contribution in [0.3, 0.4) is 0 Å². The van der Waals surface area contributed by atoms with E-state index in [0.29, 0.717) is 24.4 Å². The molecule has 1 aliphatic heterocycles. The zero-order valence-corrected chi connectivity index (χ0v) is 15.7. The van der Waals surface area contributed by atoms with Gasteiger partial charge in [0.2, 0.25) is 0 Å². The molecule has 1 fully saturated rings. The Morgan fingerprint density at radius 2 is 1.85 bits per heavy atom. The Morgan fingerprint density at radius 1 is 1.11 bits per heavy atom. The van der Waals surface area contributed by atoms with Crippen molar-refractivity contribution in [2.45, 2.75) is 25.6 Å². The number of benzene rings is 1. The predicted molar refractivity (Wildman–Crippen MR) is 102 cm³/mol. The van der Waals surface area contributed by atoms with Gasteiger partial charge in [0, 0.05) is 33.2 Å². The number of hydrogen-bond donors (Lipinski definition) is 0. The van der Waals surface area contributed by atoms with Crippen molar-refractivity contribution in [1.82, 2.24) is 23.6 Å². The lowest BCUT2D eigenvalue weighted by molar-refractivity contribution is 0.0881. The molecule has 0 bridgehead atoms. The van der Waals surface area contributed by atoms with Crippen LogP contribution in [-0.4, -0.2) is 42.9 Å². The fourth-order valence-electron chi connectivity index (χ4n) is 3.71. The highest BCUT2D eigenvalue weighted by atomic mass is 16.5. The molecule has 8 nitrogen and oxygen atoms in total. The van der Waals surface area contributed by atoms with Crippen molar-refractivity contribution < 1.29 is 4.74 Å². The first kappa shape index (κ1) is 17.7. The Balaban J connectivity index is 1.55. The summed E-state index contributed by atoms with van der Waals surface area (Å²) in [5, 5.41) is 0. The summed E-state index contributed by atoms with van der Waals surface area (Å²) < 4.78 is 10.3. The van der Waals surface area contributed by atoms with Crippen LogP contribution >= 0.6 is 0 Å². The van der Waals surface area contributed by atoms with Crippen LogP contribution in [0.15, 0.2) is 46.2 Å². The highest BCUT2D eigenvalue weighted by molar-refractivity contribution is 5.69. The van der Waals surface area contributed by atoms with Gasteiger partial charge in [-0.15, -0.1) is 0 Å². The third-order valence-corrected chi connectivity index (χ3v) is 5.41. The van der Waals surface area contributed by atoms with Crippen molar-refractivity contribution in [1.29, 1.82) is 0 Å². The van der Waals surface area contributed by atoms with Crippen LogP contribution in [0.2, 0.25) is 0 Å². The normalized spacial score (nSPS) is 20.6. The van der Waals surface area contributed by atoms with E-state index in [1.54, 1.807) is 13.4 Å². The lowest BCUT2D eigenvalue weighted by atomic mass is 10.0. The molecular weight excluding hydrogens is 346 g/mol. The molecule has 142 valence electrons. The molecular formula is C19H23N5O3. The maximum Gasteiger partial charge on any atom is 0.332 e. The van der Waals surface area contributed by atoms with Gasteiger partial charge in [-0.05, 0) is 12.5 Å². The number of fused-ring (bicyclic) bond motifs is 1. The number of imidazole rings is 1. The van der Waals surface area contributed by atoms with Crippen LogP contribution in [-0.2, 0) is 25.4 Å². The largest absolute Gasteiger partial charge is 0.357 e. The first-order valence-electron chi connectivity index (χ1n) is 9.00. The molecule has 1 saturated heterocycles. The van der Waals surface area contributed by atoms with Crippen molar-refractivity contribution in [3.8, 4) is 0 Å². The summed E-state index contributed by atoms with van der Waals surface area (Å²) >= 11 is 0. The molecule has 0 amide bonds. The molecule has 3 aromatic rings. The Kier molecular flexibility index (Phi) is 4.45. The second-order valence-corrected chi connectivity index (χ2v) is 7.00. The van der Waals surface area contributed by atoms with Gasteiger partial charge in [0.1, 0.15) is 6.73 Å². The first-order chi connectivity index (χ1) is 13.0. The van der Waals surface area contributed by atoms with E-state index >= 15 is 0 Å². The molecule has 0 saturated carbocycles. The number of rotatable bonds is 4. The number of hydrogen-bond acceptors (Lipinski definition) is 5. The Hall–Kier alpha value is -2.71. The average Bonchev–Trinajstić information content (AvgIpc) is 3.27. The summed E-state index contributed by atoms with van der Waals surface area (Å²) in [5.41, 5.74) is 1.34. The van der Waals surface area contributed by atoms with Gasteiger partial charge in [0.05, 0.1) is 12.4 Å². The van der Waals surface area contributed by atoms with Crippen LogP contribution in [0.5, 0.6) is 0 Å². The molecule has 2 unspecified atom stereocenters. The minimum absolute atomic E-state index is 0.0411. The zero-order valence-electron chi connectivity index (χ0n) is 15.7. The van der Waals surface area contributed by atoms with Gasteiger partial charge in [0.15, 0.2) is 11.2 Å². The van der Waals surface area contributed by atoms with Crippen LogP contribution in [0.4, 0.5) is 0 Å². The summed E-state index contributed by atoms with van der Waals surface area (Å²) in [5.74, 6) is 0. The second-order valence-electron chi connectivity index (χ2n) is 7.00. The summed E-state index contributed by atoms with van der Waals surface area (Å²) in [7, 11) is 3.12. The molecule has 27 heavy (non-hydrogen) atoms. The third-order valence-electron chi connectivity index (χ3n) is 5.41. The maximum atomic E-state index is 12.5. The van der Waals surface area contributed by atoms with E-state index in [1.807, 2.05) is 22.8 Å². The van der Waals surface area contributed by atoms with E-state index in [2.05, 4.69) is 28.9 Å². The van der Waals surface area contributed by atoms with Crippen LogP contribution < -0.4 is 11.2 Å². The van der Waals surface area contributed by atoms with Gasteiger partial charge in [-0.25, -0.2) is 9.78 Å². The fourth-order valence-corrected chi connectivity index (χ4v) is 3.71. The van der Waals surface area contributed by atoms with Crippen molar-refractivity contribution in [3.05, 3.63) is 63.1 Å². The lowest BCUT2D eigenvalue weighted by Crippen LogP contribution is -2.38. The number of nitrogens with zero attached hydrogens (tertiary/aromatic N) is 5. The predicted octanol–water partition coefficient (Wildman–Crippen LogP) is 0.853. The molecule has 0 spiro atoms. The highest BCUT2D eigenvalue weighted by Crippen LogP contribution is 2.30. The van der Waals surface area contributed by atoms with Crippen molar-refractivity contribution in [3.63, 3.8) is 0 Å². The number of aromatic nitrogens is 4. The van der Waals surface area contributed by atoms with Crippen molar-refractivity contribution >= 4 is 11.2 Å². The number of aryl methyl sites for hydroxylation is 1. The molecule has 8 heteroatoms. The zero-order chi connectivity index (χ0) is 19.1. The van der Waals surface area contributed by atoms with E-state index < -0.39 is 0 Å². The van der Waals surface area contributed by atoms with Gasteiger partial charge < -0.3 is 9.30 Å².